The zero-order chi connectivity index (χ0) is 18.9. The lowest BCUT2D eigenvalue weighted by molar-refractivity contribution is 0.0596. The lowest BCUT2D eigenvalue weighted by Gasteiger charge is -2.39. The van der Waals surface area contributed by atoms with Gasteiger partial charge in [0.15, 0.2) is 0 Å². The lowest BCUT2D eigenvalue weighted by Crippen LogP contribution is -2.44. The molecule has 0 saturated carbocycles. The van der Waals surface area contributed by atoms with Crippen molar-refractivity contribution in [2.75, 3.05) is 46.7 Å². The van der Waals surface area contributed by atoms with Crippen LogP contribution in [0.25, 0.3) is 0 Å². The first-order chi connectivity index (χ1) is 12.3. The maximum Gasteiger partial charge on any atom is 0.257 e. The molecule has 0 aromatic heterocycles. The third-order valence-electron chi connectivity index (χ3n) is 5.62. The van der Waals surface area contributed by atoms with Crippen molar-refractivity contribution in [3.05, 3.63) is 23.8 Å². The number of methoxy groups -OCH3 is 2. The summed E-state index contributed by atoms with van der Waals surface area (Å²) in [4.78, 5) is 14.8. The highest BCUT2D eigenvalue weighted by atomic mass is 32.2. The summed E-state index contributed by atoms with van der Waals surface area (Å²) in [6.45, 7) is 2.39. The fourth-order valence-corrected chi connectivity index (χ4v) is 4.85. The first-order valence-electron chi connectivity index (χ1n) is 8.74. The minimum Gasteiger partial charge on any atom is -0.497 e. The fourth-order valence-electron chi connectivity index (χ4n) is 3.92. The van der Waals surface area contributed by atoms with Gasteiger partial charge in [0, 0.05) is 26.2 Å². The maximum atomic E-state index is 13.0. The molecule has 0 unspecified atom stereocenters. The zero-order valence-electron chi connectivity index (χ0n) is 15.5. The van der Waals surface area contributed by atoms with E-state index >= 15 is 0 Å². The van der Waals surface area contributed by atoms with Crippen LogP contribution in [0.5, 0.6) is 11.5 Å². The summed E-state index contributed by atoms with van der Waals surface area (Å²) in [6.07, 6.45) is 3.76. The summed E-state index contributed by atoms with van der Waals surface area (Å²) >= 11 is 0. The first kappa shape index (κ1) is 19.0. The molecule has 1 amide bonds. The Kier molecular flexibility index (Phi) is 5.16. The number of nitrogens with zero attached hydrogens (tertiary/aromatic N) is 2. The van der Waals surface area contributed by atoms with Crippen LogP contribution in [0.15, 0.2) is 18.2 Å². The minimum atomic E-state index is -3.15. The van der Waals surface area contributed by atoms with E-state index in [9.17, 15) is 13.2 Å². The molecule has 2 heterocycles. The standard InChI is InChI=1S/C18H26N2O5S/c1-24-14-4-5-16(25-2)15(12-14)17(21)19-9-6-18(7-10-19)8-11-20(13-18)26(3,22)23/h4-5,12H,6-11,13H2,1-3H3. The van der Waals surface area contributed by atoms with Crippen molar-refractivity contribution < 1.29 is 22.7 Å². The van der Waals surface area contributed by atoms with E-state index < -0.39 is 10.0 Å². The van der Waals surface area contributed by atoms with Gasteiger partial charge in [0.05, 0.1) is 26.0 Å². The molecule has 0 bridgehead atoms. The molecule has 2 saturated heterocycles. The van der Waals surface area contributed by atoms with Gasteiger partial charge < -0.3 is 14.4 Å². The van der Waals surface area contributed by atoms with Gasteiger partial charge in [0.2, 0.25) is 10.0 Å². The number of hydrogen-bond acceptors (Lipinski definition) is 5. The average Bonchev–Trinajstić information content (AvgIpc) is 3.05. The van der Waals surface area contributed by atoms with Crippen LogP contribution in [0, 0.1) is 5.41 Å². The Labute approximate surface area is 154 Å². The summed E-state index contributed by atoms with van der Waals surface area (Å²) < 4.78 is 35.7. The third kappa shape index (κ3) is 3.66. The van der Waals surface area contributed by atoms with Crippen LogP contribution in [0.3, 0.4) is 0 Å². The van der Waals surface area contributed by atoms with Crippen molar-refractivity contribution in [1.29, 1.82) is 0 Å². The number of piperidine rings is 1. The van der Waals surface area contributed by atoms with Crippen LogP contribution in [-0.2, 0) is 10.0 Å². The molecule has 1 aromatic rings. The highest BCUT2D eigenvalue weighted by Gasteiger charge is 2.44. The molecule has 1 aromatic carbocycles. The highest BCUT2D eigenvalue weighted by Crippen LogP contribution is 2.41. The van der Waals surface area contributed by atoms with E-state index in [4.69, 9.17) is 9.47 Å². The Morgan fingerprint density at radius 2 is 1.73 bits per heavy atom. The average molecular weight is 382 g/mol. The van der Waals surface area contributed by atoms with Crippen molar-refractivity contribution >= 4 is 15.9 Å². The molecule has 2 aliphatic rings. The molecule has 7 nitrogen and oxygen atoms in total. The molecular weight excluding hydrogens is 356 g/mol. The van der Waals surface area contributed by atoms with Crippen molar-refractivity contribution in [2.24, 2.45) is 5.41 Å². The largest absolute Gasteiger partial charge is 0.497 e. The number of carbonyl (C=O) groups is 1. The molecule has 2 fully saturated rings. The molecule has 3 rings (SSSR count). The van der Waals surface area contributed by atoms with E-state index in [1.165, 1.54) is 6.26 Å². The minimum absolute atomic E-state index is 0.00166. The van der Waals surface area contributed by atoms with Gasteiger partial charge in [-0.2, -0.15) is 0 Å². The van der Waals surface area contributed by atoms with E-state index in [0.717, 1.165) is 19.3 Å². The second-order valence-electron chi connectivity index (χ2n) is 7.20. The summed E-state index contributed by atoms with van der Waals surface area (Å²) in [5.74, 6) is 1.07. The van der Waals surface area contributed by atoms with Gasteiger partial charge in [-0.1, -0.05) is 0 Å². The smallest absolute Gasteiger partial charge is 0.257 e. The molecule has 144 valence electrons. The summed E-state index contributed by atoms with van der Waals surface area (Å²) in [5, 5.41) is 0. The van der Waals surface area contributed by atoms with Gasteiger partial charge >= 0.3 is 0 Å². The zero-order valence-corrected chi connectivity index (χ0v) is 16.3. The maximum absolute atomic E-state index is 13.0. The van der Waals surface area contributed by atoms with Crippen LogP contribution in [0.2, 0.25) is 0 Å². The summed E-state index contributed by atoms with van der Waals surface area (Å²) in [6, 6.07) is 5.20. The number of carbonyl (C=O) groups excluding carboxylic acids is 1. The summed E-state index contributed by atoms with van der Waals surface area (Å²) in [5.41, 5.74) is 0.491. The monoisotopic (exact) mass is 382 g/mol. The van der Waals surface area contributed by atoms with Crippen molar-refractivity contribution in [3.63, 3.8) is 0 Å². The molecule has 8 heteroatoms. The van der Waals surface area contributed by atoms with Crippen LogP contribution >= 0.6 is 0 Å². The third-order valence-corrected chi connectivity index (χ3v) is 6.87. The molecule has 1 spiro atoms. The molecule has 0 radical (unpaired) electrons. The number of hydrogen-bond donors (Lipinski definition) is 0. The Hall–Kier alpha value is -1.80. The van der Waals surface area contributed by atoms with Gasteiger partial charge in [0.25, 0.3) is 5.91 Å². The number of likely N-dealkylation sites (tertiary alicyclic amines) is 1. The molecule has 0 atom stereocenters. The van der Waals surface area contributed by atoms with Gasteiger partial charge in [0.1, 0.15) is 11.5 Å². The lowest BCUT2D eigenvalue weighted by atomic mass is 9.78. The Morgan fingerprint density at radius 1 is 1.08 bits per heavy atom. The van der Waals surface area contributed by atoms with Gasteiger partial charge in [-0.3, -0.25) is 4.79 Å². The summed E-state index contributed by atoms with van der Waals surface area (Å²) in [7, 11) is -0.0375. The highest BCUT2D eigenvalue weighted by molar-refractivity contribution is 7.88. The Balaban J connectivity index is 1.70. The second-order valence-corrected chi connectivity index (χ2v) is 9.19. The number of sulfonamides is 1. The van der Waals surface area contributed by atoms with Gasteiger partial charge in [-0.15, -0.1) is 0 Å². The number of amides is 1. The van der Waals surface area contributed by atoms with Crippen LogP contribution in [0.1, 0.15) is 29.6 Å². The van der Waals surface area contributed by atoms with Crippen LogP contribution < -0.4 is 9.47 Å². The Bertz CT molecular complexity index is 785. The second kappa shape index (κ2) is 7.08. The van der Waals surface area contributed by atoms with E-state index in [1.54, 1.807) is 36.7 Å². The SMILES string of the molecule is COc1ccc(OC)c(C(=O)N2CCC3(CC2)CCN(S(C)(=O)=O)C3)c1. The molecule has 2 aliphatic heterocycles. The van der Waals surface area contributed by atoms with E-state index in [2.05, 4.69) is 0 Å². The quantitative estimate of drug-likeness (QED) is 0.790. The molecule has 0 N–H and O–H groups in total. The van der Waals surface area contributed by atoms with Gasteiger partial charge in [-0.05, 0) is 42.9 Å². The van der Waals surface area contributed by atoms with Crippen LogP contribution in [0.4, 0.5) is 0 Å². The van der Waals surface area contributed by atoms with Crippen molar-refractivity contribution in [1.82, 2.24) is 9.21 Å². The van der Waals surface area contributed by atoms with Gasteiger partial charge in [-0.25, -0.2) is 12.7 Å². The predicted octanol–water partition coefficient (Wildman–Crippen LogP) is 1.59. The topological polar surface area (TPSA) is 76.2 Å². The molecular formula is C18H26N2O5S. The Morgan fingerprint density at radius 3 is 2.27 bits per heavy atom. The van der Waals surface area contributed by atoms with E-state index in [-0.39, 0.29) is 11.3 Å². The normalized spacial score (nSPS) is 20.3. The predicted molar refractivity (Wildman–Crippen MR) is 98.2 cm³/mol. The van der Waals surface area contributed by atoms with Crippen LogP contribution in [-0.4, -0.2) is 70.2 Å². The number of benzene rings is 1. The molecule has 0 aliphatic carbocycles. The van der Waals surface area contributed by atoms with Crippen molar-refractivity contribution in [2.45, 2.75) is 19.3 Å². The molecule has 26 heavy (non-hydrogen) atoms. The number of rotatable bonds is 4. The fraction of sp³-hybridized carbons (Fsp3) is 0.611. The van der Waals surface area contributed by atoms with Crippen molar-refractivity contribution in [3.8, 4) is 11.5 Å². The number of ether oxygens (including phenoxy) is 2. The first-order valence-corrected chi connectivity index (χ1v) is 10.6. The van der Waals surface area contributed by atoms with E-state index in [0.29, 0.717) is 43.2 Å². The van der Waals surface area contributed by atoms with E-state index in [1.807, 2.05) is 4.90 Å².